The molecule has 162 valence electrons. The van der Waals surface area contributed by atoms with Crippen LogP contribution in [0.4, 0.5) is 11.5 Å². The molecule has 31 heavy (non-hydrogen) atoms. The van der Waals surface area contributed by atoms with Crippen LogP contribution in [0.1, 0.15) is 28.1 Å². The molecule has 0 N–H and O–H groups in total. The number of fused-ring (bicyclic) bond motifs is 1. The van der Waals surface area contributed by atoms with Crippen LogP contribution in [0.5, 0.6) is 5.75 Å². The molecule has 0 radical (unpaired) electrons. The summed E-state index contributed by atoms with van der Waals surface area (Å²) in [4.78, 5) is 30.6. The van der Waals surface area contributed by atoms with Crippen molar-refractivity contribution in [2.45, 2.75) is 19.8 Å². The second-order valence-electron chi connectivity index (χ2n) is 8.11. The minimum Gasteiger partial charge on any atom is -0.497 e. The number of thiophene rings is 1. The smallest absolute Gasteiger partial charge is 0.264 e. The number of hydrogen-bond donors (Lipinski definition) is 0. The van der Waals surface area contributed by atoms with Gasteiger partial charge in [0, 0.05) is 45.0 Å². The second-order valence-corrected chi connectivity index (χ2v) is 9.10. The van der Waals surface area contributed by atoms with E-state index in [9.17, 15) is 4.79 Å². The first-order valence-corrected chi connectivity index (χ1v) is 11.6. The van der Waals surface area contributed by atoms with Crippen LogP contribution in [0.3, 0.4) is 0 Å². The Morgan fingerprint density at radius 3 is 2.32 bits per heavy atom. The highest BCUT2D eigenvalue weighted by atomic mass is 32.1. The highest BCUT2D eigenvalue weighted by Crippen LogP contribution is 2.36. The molecule has 5 rings (SSSR count). The minimum atomic E-state index is 0.147. The zero-order valence-electron chi connectivity index (χ0n) is 18.0. The van der Waals surface area contributed by atoms with Gasteiger partial charge in [-0.15, -0.1) is 11.3 Å². The van der Waals surface area contributed by atoms with Gasteiger partial charge >= 0.3 is 0 Å². The number of methoxy groups -OCH3 is 1. The van der Waals surface area contributed by atoms with Crippen molar-refractivity contribution in [1.82, 2.24) is 14.9 Å². The molecule has 2 saturated heterocycles. The highest BCUT2D eigenvalue weighted by Gasteiger charge is 2.27. The first kappa shape index (κ1) is 20.1. The molecule has 0 atom stereocenters. The molecule has 0 saturated carbocycles. The topological polar surface area (TPSA) is 61.8 Å². The summed E-state index contributed by atoms with van der Waals surface area (Å²) in [6.07, 6.45) is 3.83. The monoisotopic (exact) mass is 437 g/mol. The third-order valence-corrected chi connectivity index (χ3v) is 7.50. The minimum absolute atomic E-state index is 0.147. The van der Waals surface area contributed by atoms with Crippen molar-refractivity contribution in [2.24, 2.45) is 0 Å². The first-order chi connectivity index (χ1) is 15.2. The van der Waals surface area contributed by atoms with Gasteiger partial charge in [-0.05, 0) is 49.6 Å². The summed E-state index contributed by atoms with van der Waals surface area (Å²) in [6.45, 7) is 7.35. The van der Waals surface area contributed by atoms with Crippen molar-refractivity contribution in [3.8, 4) is 5.75 Å². The number of carbonyl (C=O) groups excluding carboxylic acids is 1. The summed E-state index contributed by atoms with van der Waals surface area (Å²) < 4.78 is 5.27. The van der Waals surface area contributed by atoms with E-state index in [0.717, 1.165) is 84.3 Å². The standard InChI is InChI=1S/C23H27N5O2S/c1-16-19-21(24-15-25-22(19)31-20(16)23(29)28-9-3-4-10-28)27-13-11-26(12-14-27)17-5-7-18(30-2)8-6-17/h5-8,15H,3-4,9-14H2,1-2H3. The van der Waals surface area contributed by atoms with Gasteiger partial charge in [0.1, 0.15) is 22.7 Å². The van der Waals surface area contributed by atoms with E-state index in [1.807, 2.05) is 24.0 Å². The van der Waals surface area contributed by atoms with Crippen LogP contribution in [0, 0.1) is 6.92 Å². The molecule has 0 unspecified atom stereocenters. The van der Waals surface area contributed by atoms with Gasteiger partial charge in [-0.25, -0.2) is 9.97 Å². The molecular formula is C23H27N5O2S. The lowest BCUT2D eigenvalue weighted by Crippen LogP contribution is -2.46. The number of ether oxygens (including phenoxy) is 1. The largest absolute Gasteiger partial charge is 0.497 e. The molecule has 0 aliphatic carbocycles. The van der Waals surface area contributed by atoms with Gasteiger partial charge in [0.2, 0.25) is 0 Å². The molecule has 7 nitrogen and oxygen atoms in total. The van der Waals surface area contributed by atoms with E-state index in [1.165, 1.54) is 17.0 Å². The summed E-state index contributed by atoms with van der Waals surface area (Å²) in [5, 5.41) is 1.04. The van der Waals surface area contributed by atoms with Crippen LogP contribution in [-0.2, 0) is 0 Å². The van der Waals surface area contributed by atoms with Crippen molar-refractivity contribution in [3.05, 3.63) is 41.0 Å². The number of piperazine rings is 1. The van der Waals surface area contributed by atoms with Crippen molar-refractivity contribution in [1.29, 1.82) is 0 Å². The molecule has 2 aromatic heterocycles. The van der Waals surface area contributed by atoms with E-state index in [2.05, 4.69) is 31.9 Å². The lowest BCUT2D eigenvalue weighted by molar-refractivity contribution is 0.0797. The second kappa shape index (κ2) is 8.34. The van der Waals surface area contributed by atoms with Gasteiger partial charge in [0.05, 0.1) is 17.4 Å². The number of rotatable bonds is 4. The van der Waals surface area contributed by atoms with E-state index in [-0.39, 0.29) is 5.91 Å². The molecule has 0 bridgehead atoms. The van der Waals surface area contributed by atoms with Gasteiger partial charge < -0.3 is 19.4 Å². The quantitative estimate of drug-likeness (QED) is 0.622. The fraction of sp³-hybridized carbons (Fsp3) is 0.435. The number of nitrogens with zero attached hydrogens (tertiary/aromatic N) is 5. The molecule has 1 aromatic carbocycles. The van der Waals surface area contributed by atoms with Crippen molar-refractivity contribution >= 4 is 39.0 Å². The van der Waals surface area contributed by atoms with Crippen LogP contribution >= 0.6 is 11.3 Å². The average molecular weight is 438 g/mol. The van der Waals surface area contributed by atoms with Crippen LogP contribution < -0.4 is 14.5 Å². The third kappa shape index (κ3) is 3.69. The van der Waals surface area contributed by atoms with Gasteiger partial charge in [-0.1, -0.05) is 0 Å². The Balaban J connectivity index is 1.37. The van der Waals surface area contributed by atoms with Crippen molar-refractivity contribution < 1.29 is 9.53 Å². The maximum Gasteiger partial charge on any atom is 0.264 e. The zero-order chi connectivity index (χ0) is 21.4. The van der Waals surface area contributed by atoms with Gasteiger partial charge in [0.25, 0.3) is 5.91 Å². The van der Waals surface area contributed by atoms with E-state index < -0.39 is 0 Å². The van der Waals surface area contributed by atoms with E-state index in [4.69, 9.17) is 4.74 Å². The maximum atomic E-state index is 13.0. The molecule has 0 spiro atoms. The van der Waals surface area contributed by atoms with Crippen LogP contribution in [0.15, 0.2) is 30.6 Å². The van der Waals surface area contributed by atoms with E-state index >= 15 is 0 Å². The van der Waals surface area contributed by atoms with Crippen LogP contribution in [0.2, 0.25) is 0 Å². The van der Waals surface area contributed by atoms with Gasteiger partial charge in [-0.3, -0.25) is 4.79 Å². The Morgan fingerprint density at radius 1 is 0.968 bits per heavy atom. The number of benzene rings is 1. The fourth-order valence-corrected chi connectivity index (χ4v) is 5.64. The summed E-state index contributed by atoms with van der Waals surface area (Å²) >= 11 is 1.51. The van der Waals surface area contributed by atoms with Crippen molar-refractivity contribution in [3.63, 3.8) is 0 Å². The van der Waals surface area contributed by atoms with E-state index in [1.54, 1.807) is 13.4 Å². The summed E-state index contributed by atoms with van der Waals surface area (Å²) in [5.74, 6) is 1.97. The molecule has 1 amide bonds. The first-order valence-electron chi connectivity index (χ1n) is 10.8. The Bertz CT molecular complexity index is 1080. The Hall–Kier alpha value is -2.87. The third-order valence-electron chi connectivity index (χ3n) is 6.31. The molecule has 2 aliphatic heterocycles. The lowest BCUT2D eigenvalue weighted by atomic mass is 10.1. The number of anilines is 2. The highest BCUT2D eigenvalue weighted by molar-refractivity contribution is 7.20. The molecule has 2 fully saturated rings. The Labute approximate surface area is 186 Å². The maximum absolute atomic E-state index is 13.0. The predicted octanol–water partition coefficient (Wildman–Crippen LogP) is 3.57. The summed E-state index contributed by atoms with van der Waals surface area (Å²) in [6, 6.07) is 8.22. The molecule has 4 heterocycles. The SMILES string of the molecule is COc1ccc(N2CCN(c3ncnc4sc(C(=O)N5CCCC5)c(C)c34)CC2)cc1. The number of aromatic nitrogens is 2. The Kier molecular flexibility index (Phi) is 5.40. The Morgan fingerprint density at radius 2 is 1.65 bits per heavy atom. The molecule has 8 heteroatoms. The number of aryl methyl sites for hydroxylation is 1. The molecule has 3 aromatic rings. The van der Waals surface area contributed by atoms with Crippen LogP contribution in [-0.4, -0.2) is 67.2 Å². The molecule has 2 aliphatic rings. The fourth-order valence-electron chi connectivity index (χ4n) is 4.53. The summed E-state index contributed by atoms with van der Waals surface area (Å²) in [5.41, 5.74) is 2.23. The zero-order valence-corrected chi connectivity index (χ0v) is 18.8. The number of likely N-dealkylation sites (tertiary alicyclic amines) is 1. The number of amides is 1. The average Bonchev–Trinajstić information content (AvgIpc) is 3.47. The molecular weight excluding hydrogens is 410 g/mol. The summed E-state index contributed by atoms with van der Waals surface area (Å²) in [7, 11) is 1.69. The lowest BCUT2D eigenvalue weighted by Gasteiger charge is -2.37. The number of hydrogen-bond acceptors (Lipinski definition) is 7. The van der Waals surface area contributed by atoms with Gasteiger partial charge in [-0.2, -0.15) is 0 Å². The van der Waals surface area contributed by atoms with Crippen LogP contribution in [0.25, 0.3) is 10.2 Å². The van der Waals surface area contributed by atoms with E-state index in [0.29, 0.717) is 0 Å². The van der Waals surface area contributed by atoms with Gasteiger partial charge in [0.15, 0.2) is 0 Å². The normalized spacial score (nSPS) is 16.9. The predicted molar refractivity (Wildman–Crippen MR) is 125 cm³/mol. The number of carbonyl (C=O) groups is 1. The van der Waals surface area contributed by atoms with Crippen molar-refractivity contribution in [2.75, 3.05) is 56.2 Å².